The molecule has 33 heavy (non-hydrogen) atoms. The molecule has 7 heteroatoms. The number of benzene rings is 2. The molecular formula is C26H26N4O3. The van der Waals surface area contributed by atoms with E-state index in [1.54, 1.807) is 0 Å². The molecule has 3 aliphatic heterocycles. The number of rotatable bonds is 5. The van der Waals surface area contributed by atoms with E-state index in [-0.39, 0.29) is 23.8 Å². The molecule has 3 N–H and O–H groups in total. The molecule has 6 rings (SSSR count). The Kier molecular flexibility index (Phi) is 4.45. The second kappa shape index (κ2) is 7.28. The predicted octanol–water partition coefficient (Wildman–Crippen LogP) is 2.93. The van der Waals surface area contributed by atoms with Gasteiger partial charge in [-0.1, -0.05) is 49.7 Å². The number of nitrogens with one attached hydrogen (secondary N) is 3. The Morgan fingerprint density at radius 2 is 1.79 bits per heavy atom. The maximum absolute atomic E-state index is 13.7. The molecule has 2 aromatic carbocycles. The van der Waals surface area contributed by atoms with Crippen LogP contribution >= 0.6 is 0 Å². The molecule has 0 bridgehead atoms. The molecule has 0 unspecified atom stereocenters. The first-order valence-corrected chi connectivity index (χ1v) is 11.6. The molecule has 2 fully saturated rings. The number of carbonyl (C=O) groups is 3. The average molecular weight is 443 g/mol. The van der Waals surface area contributed by atoms with Crippen molar-refractivity contribution in [1.82, 2.24) is 15.2 Å². The van der Waals surface area contributed by atoms with E-state index in [2.05, 4.69) is 21.7 Å². The molecule has 3 amide bonds. The number of imide groups is 1. The van der Waals surface area contributed by atoms with Crippen LogP contribution in [0.25, 0.3) is 10.9 Å². The molecule has 4 heterocycles. The summed E-state index contributed by atoms with van der Waals surface area (Å²) in [7, 11) is 0. The topological polar surface area (TPSA) is 94.3 Å². The highest BCUT2D eigenvalue weighted by molar-refractivity contribution is 6.15. The van der Waals surface area contributed by atoms with Gasteiger partial charge in [0.25, 0.3) is 0 Å². The van der Waals surface area contributed by atoms with Crippen LogP contribution in [0.4, 0.5) is 5.69 Å². The average Bonchev–Trinajstić information content (AvgIpc) is 3.53. The second-order valence-corrected chi connectivity index (χ2v) is 9.31. The third kappa shape index (κ3) is 2.69. The number of amides is 3. The van der Waals surface area contributed by atoms with Gasteiger partial charge in [-0.3, -0.25) is 24.6 Å². The van der Waals surface area contributed by atoms with Crippen molar-refractivity contribution in [3.05, 3.63) is 65.9 Å². The molecular weight excluding hydrogens is 416 g/mol. The zero-order valence-electron chi connectivity index (χ0n) is 18.4. The van der Waals surface area contributed by atoms with Crippen molar-refractivity contribution in [2.45, 2.75) is 37.8 Å². The maximum Gasteiger partial charge on any atom is 0.250 e. The van der Waals surface area contributed by atoms with Crippen LogP contribution in [-0.4, -0.2) is 40.2 Å². The van der Waals surface area contributed by atoms with Gasteiger partial charge in [-0.25, -0.2) is 0 Å². The Morgan fingerprint density at radius 1 is 1.00 bits per heavy atom. The fourth-order valence-electron chi connectivity index (χ4n) is 6.07. The van der Waals surface area contributed by atoms with Gasteiger partial charge in [0.1, 0.15) is 5.54 Å². The number of H-pyrrole nitrogens is 1. The number of carbonyl (C=O) groups excluding carboxylic acids is 3. The summed E-state index contributed by atoms with van der Waals surface area (Å²) in [6.45, 7) is 2.44. The standard InChI is InChI=1S/C26H26N4O3/c1-2-3-12-30-23(31)21-20(13-15-14-27-18-10-6-4-8-16(15)18)29-26(22(21)24(30)32)17-9-5-7-11-19(17)28-25(26)33/h4-11,14,20-22,27,29H,2-3,12-13H2,1H3,(H,28,33)/t20-,21-,22+,26+/m1/s1. The number of aromatic amines is 1. The number of likely N-dealkylation sites (tertiary alicyclic amines) is 1. The molecule has 2 saturated heterocycles. The van der Waals surface area contributed by atoms with Crippen LogP contribution in [0.3, 0.4) is 0 Å². The first-order valence-electron chi connectivity index (χ1n) is 11.6. The second-order valence-electron chi connectivity index (χ2n) is 9.31. The van der Waals surface area contributed by atoms with E-state index >= 15 is 0 Å². The molecule has 7 nitrogen and oxygen atoms in total. The Bertz CT molecular complexity index is 1300. The van der Waals surface area contributed by atoms with E-state index in [1.807, 2.05) is 55.6 Å². The Morgan fingerprint density at radius 3 is 2.64 bits per heavy atom. The number of unbranched alkanes of at least 4 members (excludes halogenated alkanes) is 1. The third-order valence-electron chi connectivity index (χ3n) is 7.56. The van der Waals surface area contributed by atoms with E-state index in [0.717, 1.165) is 34.9 Å². The van der Waals surface area contributed by atoms with Crippen molar-refractivity contribution < 1.29 is 14.4 Å². The van der Waals surface area contributed by atoms with Gasteiger partial charge in [0, 0.05) is 40.9 Å². The Balaban J connectivity index is 1.46. The summed E-state index contributed by atoms with van der Waals surface area (Å²) in [6.07, 6.45) is 4.15. The number of para-hydroxylation sites is 2. The Hall–Kier alpha value is -3.45. The predicted molar refractivity (Wildman–Crippen MR) is 124 cm³/mol. The lowest BCUT2D eigenvalue weighted by atomic mass is 9.76. The van der Waals surface area contributed by atoms with Crippen molar-refractivity contribution in [3.8, 4) is 0 Å². The maximum atomic E-state index is 13.7. The molecule has 0 radical (unpaired) electrons. The summed E-state index contributed by atoms with van der Waals surface area (Å²) in [6, 6.07) is 15.2. The van der Waals surface area contributed by atoms with Gasteiger partial charge in [0.05, 0.1) is 11.8 Å². The molecule has 0 aliphatic carbocycles. The van der Waals surface area contributed by atoms with Gasteiger partial charge in [-0.05, 0) is 30.5 Å². The SMILES string of the molecule is CCCCN1C(=O)[C@H]2[C@@H](C1=O)[C@]1(N[C@@H]2Cc2c[nH]c3ccccc23)C(=O)Nc2ccccc21. The molecule has 3 aliphatic rings. The van der Waals surface area contributed by atoms with Crippen molar-refractivity contribution in [2.24, 2.45) is 11.8 Å². The molecule has 0 saturated carbocycles. The van der Waals surface area contributed by atoms with E-state index in [0.29, 0.717) is 18.7 Å². The summed E-state index contributed by atoms with van der Waals surface area (Å²) in [4.78, 5) is 45.4. The smallest absolute Gasteiger partial charge is 0.250 e. The van der Waals surface area contributed by atoms with Gasteiger partial charge in [-0.15, -0.1) is 0 Å². The van der Waals surface area contributed by atoms with E-state index in [4.69, 9.17) is 0 Å². The molecule has 1 aromatic heterocycles. The van der Waals surface area contributed by atoms with Gasteiger partial charge in [-0.2, -0.15) is 0 Å². The minimum absolute atomic E-state index is 0.162. The van der Waals surface area contributed by atoms with Crippen molar-refractivity contribution in [2.75, 3.05) is 11.9 Å². The monoisotopic (exact) mass is 442 g/mol. The number of aromatic nitrogens is 1. The quantitative estimate of drug-likeness (QED) is 0.530. The highest BCUT2D eigenvalue weighted by Gasteiger charge is 2.70. The fourth-order valence-corrected chi connectivity index (χ4v) is 6.07. The normalized spacial score (nSPS) is 28.1. The summed E-state index contributed by atoms with van der Waals surface area (Å²) < 4.78 is 0. The molecule has 1 spiro atoms. The van der Waals surface area contributed by atoms with Crippen molar-refractivity contribution >= 4 is 34.3 Å². The highest BCUT2D eigenvalue weighted by atomic mass is 16.2. The lowest BCUT2D eigenvalue weighted by Gasteiger charge is -2.29. The summed E-state index contributed by atoms with van der Waals surface area (Å²) >= 11 is 0. The number of anilines is 1. The number of nitrogens with zero attached hydrogens (tertiary/aromatic N) is 1. The third-order valence-corrected chi connectivity index (χ3v) is 7.56. The van der Waals surface area contributed by atoms with Crippen LogP contribution in [-0.2, 0) is 26.3 Å². The van der Waals surface area contributed by atoms with Gasteiger partial charge < -0.3 is 10.3 Å². The van der Waals surface area contributed by atoms with Crippen LogP contribution in [0.5, 0.6) is 0 Å². The number of hydrogen-bond acceptors (Lipinski definition) is 4. The highest BCUT2D eigenvalue weighted by Crippen LogP contribution is 2.53. The summed E-state index contributed by atoms with van der Waals surface area (Å²) in [5, 5.41) is 7.57. The summed E-state index contributed by atoms with van der Waals surface area (Å²) in [5.74, 6) is -1.98. The number of hydrogen-bond donors (Lipinski definition) is 3. The van der Waals surface area contributed by atoms with Gasteiger partial charge in [0.15, 0.2) is 0 Å². The largest absolute Gasteiger partial charge is 0.361 e. The molecule has 168 valence electrons. The Labute approximate surface area is 191 Å². The van der Waals surface area contributed by atoms with Crippen LogP contribution in [0.15, 0.2) is 54.7 Å². The van der Waals surface area contributed by atoms with E-state index in [1.165, 1.54) is 4.90 Å². The van der Waals surface area contributed by atoms with Crippen LogP contribution in [0, 0.1) is 11.8 Å². The molecule has 3 aromatic rings. The lowest BCUT2D eigenvalue weighted by Crippen LogP contribution is -2.53. The minimum Gasteiger partial charge on any atom is -0.361 e. The van der Waals surface area contributed by atoms with Crippen molar-refractivity contribution in [3.63, 3.8) is 0 Å². The first-order chi connectivity index (χ1) is 16.1. The van der Waals surface area contributed by atoms with Crippen molar-refractivity contribution in [1.29, 1.82) is 0 Å². The minimum atomic E-state index is -1.23. The van der Waals surface area contributed by atoms with Gasteiger partial charge in [0.2, 0.25) is 17.7 Å². The fraction of sp³-hybridized carbons (Fsp3) is 0.346. The first kappa shape index (κ1) is 20.2. The van der Waals surface area contributed by atoms with E-state index < -0.39 is 17.4 Å². The van der Waals surface area contributed by atoms with Crippen LogP contribution in [0.2, 0.25) is 0 Å². The zero-order chi connectivity index (χ0) is 22.7. The van der Waals surface area contributed by atoms with Gasteiger partial charge >= 0.3 is 0 Å². The molecule has 4 atom stereocenters. The number of fused-ring (bicyclic) bond motifs is 5. The van der Waals surface area contributed by atoms with Crippen LogP contribution < -0.4 is 10.6 Å². The van der Waals surface area contributed by atoms with Crippen LogP contribution in [0.1, 0.15) is 30.9 Å². The summed E-state index contributed by atoms with van der Waals surface area (Å²) in [5.41, 5.74) is 2.32. The van der Waals surface area contributed by atoms with E-state index in [9.17, 15) is 14.4 Å². The lowest BCUT2D eigenvalue weighted by molar-refractivity contribution is -0.142. The zero-order valence-corrected chi connectivity index (χ0v) is 18.4.